The molecule has 0 aliphatic rings. The second-order valence-electron chi connectivity index (χ2n) is 3.08. The van der Waals surface area contributed by atoms with Crippen LogP contribution in [0, 0.1) is 0 Å². The van der Waals surface area contributed by atoms with Crippen LogP contribution in [0.3, 0.4) is 0 Å². The van der Waals surface area contributed by atoms with E-state index in [9.17, 15) is 9.90 Å². The minimum Gasteiger partial charge on any atom is -0.480 e. The van der Waals surface area contributed by atoms with Crippen molar-refractivity contribution in [2.24, 2.45) is 5.73 Å². The van der Waals surface area contributed by atoms with Gasteiger partial charge >= 0.3 is 5.97 Å². The van der Waals surface area contributed by atoms with Crippen LogP contribution in [0.25, 0.3) is 0 Å². The van der Waals surface area contributed by atoms with Gasteiger partial charge in [0.25, 0.3) is 0 Å². The number of hydrogen-bond acceptors (Lipinski definition) is 4. The first-order chi connectivity index (χ1) is 7.06. The van der Waals surface area contributed by atoms with Crippen LogP contribution in [0.1, 0.15) is 11.7 Å². The summed E-state index contributed by atoms with van der Waals surface area (Å²) in [6, 6.07) is 5.71. The SMILES string of the molecule is CSc1ccc(C(O)C(N)C(=O)O)cc1. The summed E-state index contributed by atoms with van der Waals surface area (Å²) in [7, 11) is 0. The van der Waals surface area contributed by atoms with E-state index in [1.807, 2.05) is 18.4 Å². The molecular weight excluding hydrogens is 214 g/mol. The molecule has 1 aromatic rings. The fraction of sp³-hybridized carbons (Fsp3) is 0.300. The Morgan fingerprint density at radius 3 is 2.33 bits per heavy atom. The maximum atomic E-state index is 10.5. The molecule has 2 atom stereocenters. The number of nitrogens with two attached hydrogens (primary N) is 1. The average Bonchev–Trinajstić information content (AvgIpc) is 2.27. The van der Waals surface area contributed by atoms with E-state index >= 15 is 0 Å². The number of aliphatic carboxylic acids is 1. The normalized spacial score (nSPS) is 14.6. The number of thioether (sulfide) groups is 1. The maximum Gasteiger partial charge on any atom is 0.323 e. The third-order valence-electron chi connectivity index (χ3n) is 2.08. The third-order valence-corrected chi connectivity index (χ3v) is 2.83. The Kier molecular flexibility index (Phi) is 4.14. The van der Waals surface area contributed by atoms with Crippen LogP contribution in [0.2, 0.25) is 0 Å². The quantitative estimate of drug-likeness (QED) is 0.664. The van der Waals surface area contributed by atoms with Crippen molar-refractivity contribution in [2.75, 3.05) is 6.26 Å². The lowest BCUT2D eigenvalue weighted by Gasteiger charge is -2.15. The monoisotopic (exact) mass is 227 g/mol. The van der Waals surface area contributed by atoms with Gasteiger partial charge in [-0.05, 0) is 24.0 Å². The van der Waals surface area contributed by atoms with Gasteiger partial charge in [0, 0.05) is 4.90 Å². The topological polar surface area (TPSA) is 83.5 Å². The summed E-state index contributed by atoms with van der Waals surface area (Å²) in [5, 5.41) is 18.2. The van der Waals surface area contributed by atoms with Crippen LogP contribution in [0.5, 0.6) is 0 Å². The van der Waals surface area contributed by atoms with Crippen LogP contribution < -0.4 is 5.73 Å². The van der Waals surface area contributed by atoms with Crippen molar-refractivity contribution in [1.82, 2.24) is 0 Å². The van der Waals surface area contributed by atoms with Crippen LogP contribution >= 0.6 is 11.8 Å². The van der Waals surface area contributed by atoms with Crippen LogP contribution in [0.4, 0.5) is 0 Å². The summed E-state index contributed by atoms with van der Waals surface area (Å²) in [5.74, 6) is -1.21. The highest BCUT2D eigenvalue weighted by atomic mass is 32.2. The molecule has 15 heavy (non-hydrogen) atoms. The van der Waals surface area contributed by atoms with Gasteiger partial charge in [-0.2, -0.15) is 0 Å². The molecule has 0 bridgehead atoms. The van der Waals surface area contributed by atoms with Gasteiger partial charge in [0.1, 0.15) is 12.1 Å². The number of carboxylic acid groups (broad SMARTS) is 1. The van der Waals surface area contributed by atoms with Crippen molar-refractivity contribution in [2.45, 2.75) is 17.0 Å². The Morgan fingerprint density at radius 1 is 1.40 bits per heavy atom. The number of rotatable bonds is 4. The van der Waals surface area contributed by atoms with Gasteiger partial charge in [0.2, 0.25) is 0 Å². The Hall–Kier alpha value is -1.04. The molecular formula is C10H13NO3S. The molecule has 0 saturated carbocycles. The molecule has 1 rings (SSSR count). The molecule has 4 N–H and O–H groups in total. The number of carbonyl (C=O) groups is 1. The summed E-state index contributed by atoms with van der Waals surface area (Å²) in [4.78, 5) is 11.6. The van der Waals surface area contributed by atoms with Gasteiger partial charge < -0.3 is 15.9 Å². The fourth-order valence-corrected chi connectivity index (χ4v) is 1.55. The van der Waals surface area contributed by atoms with E-state index in [2.05, 4.69) is 0 Å². The Morgan fingerprint density at radius 2 is 1.93 bits per heavy atom. The van der Waals surface area contributed by atoms with E-state index in [0.29, 0.717) is 5.56 Å². The van der Waals surface area contributed by atoms with E-state index < -0.39 is 18.1 Å². The summed E-state index contributed by atoms with van der Waals surface area (Å²) >= 11 is 1.57. The summed E-state index contributed by atoms with van der Waals surface area (Å²) < 4.78 is 0. The van der Waals surface area contributed by atoms with Crippen LogP contribution in [-0.2, 0) is 4.79 Å². The molecule has 0 amide bonds. The number of aliphatic hydroxyl groups excluding tert-OH is 1. The van der Waals surface area contributed by atoms with Gasteiger partial charge in [-0.25, -0.2) is 0 Å². The first kappa shape index (κ1) is 12.0. The molecule has 0 radical (unpaired) electrons. The molecule has 82 valence electrons. The molecule has 0 aliphatic carbocycles. The van der Waals surface area contributed by atoms with Crippen molar-refractivity contribution < 1.29 is 15.0 Å². The highest BCUT2D eigenvalue weighted by Crippen LogP contribution is 2.20. The predicted octanol–water partition coefficient (Wildman–Crippen LogP) is 0.854. The average molecular weight is 227 g/mol. The molecule has 4 nitrogen and oxygen atoms in total. The molecule has 0 aromatic heterocycles. The van der Waals surface area contributed by atoms with Gasteiger partial charge in [-0.3, -0.25) is 4.79 Å². The lowest BCUT2D eigenvalue weighted by Crippen LogP contribution is -2.36. The first-order valence-corrected chi connectivity index (χ1v) is 5.59. The molecule has 0 saturated heterocycles. The van der Waals surface area contributed by atoms with Crippen molar-refractivity contribution in [1.29, 1.82) is 0 Å². The smallest absolute Gasteiger partial charge is 0.323 e. The minimum atomic E-state index is -1.29. The largest absolute Gasteiger partial charge is 0.480 e. The number of hydrogen-bond donors (Lipinski definition) is 3. The van der Waals surface area contributed by atoms with E-state index in [0.717, 1.165) is 4.90 Å². The fourth-order valence-electron chi connectivity index (χ4n) is 1.14. The highest BCUT2D eigenvalue weighted by Gasteiger charge is 2.23. The van der Waals surface area contributed by atoms with E-state index in [1.165, 1.54) is 0 Å². The molecule has 0 aliphatic heterocycles. The predicted molar refractivity (Wildman–Crippen MR) is 58.8 cm³/mol. The third kappa shape index (κ3) is 2.95. The first-order valence-electron chi connectivity index (χ1n) is 4.36. The molecule has 1 aromatic carbocycles. The maximum absolute atomic E-state index is 10.5. The molecule has 0 fully saturated rings. The van der Waals surface area contributed by atoms with Gasteiger partial charge in [0.05, 0.1) is 0 Å². The molecule has 0 spiro atoms. The van der Waals surface area contributed by atoms with Crippen molar-refractivity contribution in [3.63, 3.8) is 0 Å². The number of carboxylic acids is 1. The lowest BCUT2D eigenvalue weighted by atomic mass is 10.0. The minimum absolute atomic E-state index is 0.516. The second kappa shape index (κ2) is 5.16. The zero-order valence-corrected chi connectivity index (χ0v) is 9.07. The Balaban J connectivity index is 2.82. The lowest BCUT2D eigenvalue weighted by molar-refractivity contribution is -0.141. The van der Waals surface area contributed by atoms with Gasteiger partial charge in [-0.15, -0.1) is 11.8 Å². The number of aliphatic hydroxyl groups is 1. The summed E-state index contributed by atoms with van der Waals surface area (Å²) in [6.45, 7) is 0. The van der Waals surface area contributed by atoms with Gasteiger partial charge in [-0.1, -0.05) is 12.1 Å². The standard InChI is InChI=1S/C10H13NO3S/c1-15-7-4-2-6(3-5-7)9(12)8(11)10(13)14/h2-5,8-9,12H,11H2,1H3,(H,13,14). The van der Waals surface area contributed by atoms with Crippen molar-refractivity contribution >= 4 is 17.7 Å². The van der Waals surface area contributed by atoms with E-state index in [4.69, 9.17) is 10.8 Å². The van der Waals surface area contributed by atoms with Gasteiger partial charge in [0.15, 0.2) is 0 Å². The Labute approximate surface area is 92.1 Å². The van der Waals surface area contributed by atoms with Crippen LogP contribution in [-0.4, -0.2) is 28.5 Å². The number of benzene rings is 1. The van der Waals surface area contributed by atoms with Crippen molar-refractivity contribution in [3.05, 3.63) is 29.8 Å². The zero-order valence-electron chi connectivity index (χ0n) is 8.25. The van der Waals surface area contributed by atoms with Crippen molar-refractivity contribution in [3.8, 4) is 0 Å². The van der Waals surface area contributed by atoms with Crippen LogP contribution in [0.15, 0.2) is 29.2 Å². The highest BCUT2D eigenvalue weighted by molar-refractivity contribution is 7.98. The molecule has 0 heterocycles. The zero-order chi connectivity index (χ0) is 11.4. The summed E-state index contributed by atoms with van der Waals surface area (Å²) in [5.41, 5.74) is 5.82. The molecule has 2 unspecified atom stereocenters. The van der Waals surface area contributed by atoms with E-state index in [-0.39, 0.29) is 0 Å². The molecule has 5 heteroatoms. The summed E-state index contributed by atoms with van der Waals surface area (Å²) in [6.07, 6.45) is 0.771. The second-order valence-corrected chi connectivity index (χ2v) is 3.96. The van der Waals surface area contributed by atoms with E-state index in [1.54, 1.807) is 23.9 Å². The Bertz CT molecular complexity index is 339.